The maximum Gasteiger partial charge on any atom is 0.244 e. The molecule has 0 radical (unpaired) electrons. The zero-order chi connectivity index (χ0) is 20.5. The molecule has 2 heterocycles. The van der Waals surface area contributed by atoms with Crippen LogP contribution in [-0.4, -0.2) is 17.3 Å². The smallest absolute Gasteiger partial charge is 0.244 e. The Balaban J connectivity index is 1.89. The van der Waals surface area contributed by atoms with Gasteiger partial charge in [-0.2, -0.15) is 5.26 Å². The van der Waals surface area contributed by atoms with E-state index in [0.717, 1.165) is 28.1 Å². The average Bonchev–Trinajstić information content (AvgIpc) is 3.16. The molecule has 3 aromatic rings. The molecule has 0 spiro atoms. The molecule has 0 saturated heterocycles. The number of aromatic amines is 1. The Labute approximate surface area is 169 Å². The summed E-state index contributed by atoms with van der Waals surface area (Å²) in [5.41, 5.74) is 11.1. The average molecular weight is 386 g/mol. The van der Waals surface area contributed by atoms with Crippen molar-refractivity contribution in [3.63, 3.8) is 0 Å². The van der Waals surface area contributed by atoms with Crippen LogP contribution in [0, 0.1) is 11.3 Å². The van der Waals surface area contributed by atoms with Crippen LogP contribution in [0.5, 0.6) is 11.6 Å². The van der Waals surface area contributed by atoms with Crippen molar-refractivity contribution in [2.24, 2.45) is 5.73 Å². The largest absolute Gasteiger partial charge is 0.497 e. The lowest BCUT2D eigenvalue weighted by Crippen LogP contribution is -2.21. The summed E-state index contributed by atoms with van der Waals surface area (Å²) in [5.74, 6) is 1.26. The Morgan fingerprint density at radius 2 is 1.97 bits per heavy atom. The maximum absolute atomic E-state index is 9.82. The van der Waals surface area contributed by atoms with E-state index >= 15 is 0 Å². The molecule has 0 aliphatic carbocycles. The van der Waals surface area contributed by atoms with Crippen LogP contribution in [-0.2, 0) is 0 Å². The van der Waals surface area contributed by atoms with Crippen molar-refractivity contribution in [2.75, 3.05) is 7.11 Å². The molecular formula is C23H22N4O2. The van der Waals surface area contributed by atoms with E-state index in [1.54, 1.807) is 7.11 Å². The van der Waals surface area contributed by atoms with Gasteiger partial charge in [-0.25, -0.2) is 0 Å². The number of benzene rings is 2. The van der Waals surface area contributed by atoms with Crippen molar-refractivity contribution in [3.8, 4) is 29.0 Å². The Morgan fingerprint density at radius 1 is 1.21 bits per heavy atom. The van der Waals surface area contributed by atoms with Gasteiger partial charge < -0.3 is 15.2 Å². The number of nitrogens with one attached hydrogen (secondary N) is 1. The van der Waals surface area contributed by atoms with Crippen LogP contribution in [0.2, 0.25) is 0 Å². The number of hydrogen-bond donors (Lipinski definition) is 2. The normalized spacial score (nSPS) is 15.6. The van der Waals surface area contributed by atoms with E-state index in [-0.39, 0.29) is 11.8 Å². The molecule has 146 valence electrons. The summed E-state index contributed by atoms with van der Waals surface area (Å²) in [6.45, 7) is 4.30. The van der Waals surface area contributed by atoms with Gasteiger partial charge in [0, 0.05) is 5.56 Å². The standard InChI is InChI=1S/C23H22N4O2/c1-13(2)14-7-9-15(10-8-14)19-18(12-24)22(25)29-23-20(19)21(26-27-23)16-5-4-6-17(11-16)28-3/h4-11,13,19H,25H2,1-3H3,(H,26,27). The predicted molar refractivity (Wildman–Crippen MR) is 110 cm³/mol. The molecule has 0 bridgehead atoms. The highest BCUT2D eigenvalue weighted by Gasteiger charge is 2.35. The molecule has 0 amide bonds. The number of nitriles is 1. The minimum atomic E-state index is -0.370. The van der Waals surface area contributed by atoms with Crippen LogP contribution in [0.25, 0.3) is 11.3 Å². The number of aromatic nitrogens is 2. The third-order valence-electron chi connectivity index (χ3n) is 5.23. The highest BCUT2D eigenvalue weighted by atomic mass is 16.5. The summed E-state index contributed by atoms with van der Waals surface area (Å²) in [6, 6.07) is 18.2. The summed E-state index contributed by atoms with van der Waals surface area (Å²) < 4.78 is 11.0. The van der Waals surface area contributed by atoms with Gasteiger partial charge in [-0.3, -0.25) is 5.10 Å². The lowest BCUT2D eigenvalue weighted by atomic mass is 9.82. The van der Waals surface area contributed by atoms with Crippen LogP contribution in [0.1, 0.15) is 42.4 Å². The van der Waals surface area contributed by atoms with E-state index < -0.39 is 0 Å². The lowest BCUT2D eigenvalue weighted by molar-refractivity contribution is 0.379. The second-order valence-corrected chi connectivity index (χ2v) is 7.30. The topological polar surface area (TPSA) is 97.0 Å². The Hall–Kier alpha value is -3.72. The zero-order valence-corrected chi connectivity index (χ0v) is 16.6. The number of nitrogens with two attached hydrogens (primary N) is 1. The minimum Gasteiger partial charge on any atom is -0.497 e. The Kier molecular flexibility index (Phi) is 4.73. The maximum atomic E-state index is 9.82. The summed E-state index contributed by atoms with van der Waals surface area (Å²) in [4.78, 5) is 0. The number of nitrogens with zero attached hydrogens (tertiary/aromatic N) is 2. The van der Waals surface area contributed by atoms with Crippen molar-refractivity contribution in [3.05, 3.63) is 76.7 Å². The van der Waals surface area contributed by atoms with Crippen molar-refractivity contribution >= 4 is 0 Å². The zero-order valence-electron chi connectivity index (χ0n) is 16.6. The van der Waals surface area contributed by atoms with Crippen LogP contribution < -0.4 is 15.2 Å². The molecule has 3 N–H and O–H groups in total. The monoisotopic (exact) mass is 386 g/mol. The first-order chi connectivity index (χ1) is 14.0. The molecule has 6 heteroatoms. The van der Waals surface area contributed by atoms with Gasteiger partial charge in [0.1, 0.15) is 17.4 Å². The fourth-order valence-corrected chi connectivity index (χ4v) is 3.65. The summed E-state index contributed by atoms with van der Waals surface area (Å²) in [7, 11) is 1.63. The van der Waals surface area contributed by atoms with Crippen molar-refractivity contribution in [1.82, 2.24) is 10.2 Å². The molecule has 1 unspecified atom stereocenters. The van der Waals surface area contributed by atoms with E-state index in [4.69, 9.17) is 15.2 Å². The van der Waals surface area contributed by atoms with Crippen molar-refractivity contribution < 1.29 is 9.47 Å². The summed E-state index contributed by atoms with van der Waals surface area (Å²) >= 11 is 0. The Bertz CT molecular complexity index is 1120. The molecule has 1 aliphatic rings. The van der Waals surface area contributed by atoms with Gasteiger partial charge in [0.25, 0.3) is 0 Å². The van der Waals surface area contributed by atoms with Gasteiger partial charge in [0.15, 0.2) is 0 Å². The fourth-order valence-electron chi connectivity index (χ4n) is 3.65. The third-order valence-corrected chi connectivity index (χ3v) is 5.23. The first kappa shape index (κ1) is 18.6. The highest BCUT2D eigenvalue weighted by molar-refractivity contribution is 5.71. The molecule has 2 aromatic carbocycles. The van der Waals surface area contributed by atoms with Gasteiger partial charge in [0.05, 0.1) is 24.3 Å². The van der Waals surface area contributed by atoms with Gasteiger partial charge in [-0.1, -0.05) is 50.2 Å². The quantitative estimate of drug-likeness (QED) is 0.691. The van der Waals surface area contributed by atoms with Gasteiger partial charge in [0.2, 0.25) is 11.8 Å². The summed E-state index contributed by atoms with van der Waals surface area (Å²) in [5, 5.41) is 17.2. The van der Waals surface area contributed by atoms with E-state index in [9.17, 15) is 5.26 Å². The lowest BCUT2D eigenvalue weighted by Gasteiger charge is -2.24. The van der Waals surface area contributed by atoms with E-state index in [1.807, 2.05) is 36.4 Å². The number of ether oxygens (including phenoxy) is 2. The summed E-state index contributed by atoms with van der Waals surface area (Å²) in [6.07, 6.45) is 0. The number of hydrogen-bond acceptors (Lipinski definition) is 5. The minimum absolute atomic E-state index is 0.0848. The molecule has 1 aromatic heterocycles. The Morgan fingerprint density at radius 3 is 2.62 bits per heavy atom. The number of rotatable bonds is 4. The van der Waals surface area contributed by atoms with Crippen molar-refractivity contribution in [2.45, 2.75) is 25.7 Å². The number of allylic oxidation sites excluding steroid dienone is 1. The molecular weight excluding hydrogens is 364 g/mol. The predicted octanol–water partition coefficient (Wildman–Crippen LogP) is 4.43. The number of fused-ring (bicyclic) bond motifs is 1. The van der Waals surface area contributed by atoms with Gasteiger partial charge in [-0.05, 0) is 29.2 Å². The van der Waals surface area contributed by atoms with Crippen LogP contribution in [0.4, 0.5) is 0 Å². The molecule has 0 fully saturated rings. The number of H-pyrrole nitrogens is 1. The molecule has 6 nitrogen and oxygen atoms in total. The van der Waals surface area contributed by atoms with E-state index in [1.165, 1.54) is 5.56 Å². The molecule has 1 aliphatic heterocycles. The fraction of sp³-hybridized carbons (Fsp3) is 0.217. The van der Waals surface area contributed by atoms with E-state index in [0.29, 0.717) is 17.4 Å². The SMILES string of the molecule is COc1cccc(-c2[nH]nc3c2C(c2ccc(C(C)C)cc2)C(C#N)=C(N)O3)c1. The second kappa shape index (κ2) is 7.36. The first-order valence-electron chi connectivity index (χ1n) is 9.43. The van der Waals surface area contributed by atoms with E-state index in [2.05, 4.69) is 42.2 Å². The van der Waals surface area contributed by atoms with Crippen LogP contribution in [0.15, 0.2) is 60.0 Å². The third kappa shape index (κ3) is 3.21. The molecule has 29 heavy (non-hydrogen) atoms. The van der Waals surface area contributed by atoms with Crippen LogP contribution in [0.3, 0.4) is 0 Å². The molecule has 1 atom stereocenters. The van der Waals surface area contributed by atoms with Gasteiger partial charge in [-0.15, -0.1) is 5.10 Å². The highest BCUT2D eigenvalue weighted by Crippen LogP contribution is 2.46. The van der Waals surface area contributed by atoms with Gasteiger partial charge >= 0.3 is 0 Å². The molecule has 4 rings (SSSR count). The first-order valence-corrected chi connectivity index (χ1v) is 9.43. The van der Waals surface area contributed by atoms with Crippen LogP contribution >= 0.6 is 0 Å². The van der Waals surface area contributed by atoms with Crippen molar-refractivity contribution in [1.29, 1.82) is 5.26 Å². The molecule has 0 saturated carbocycles. The second-order valence-electron chi connectivity index (χ2n) is 7.30. The number of methoxy groups -OCH3 is 1.